The van der Waals surface area contributed by atoms with Gasteiger partial charge in [0.2, 0.25) is 10.0 Å². The quantitative estimate of drug-likeness (QED) is 0.834. The fraction of sp³-hybridized carbons (Fsp3) is 0.533. The molecule has 0 amide bonds. The zero-order chi connectivity index (χ0) is 17.6. The van der Waals surface area contributed by atoms with Crippen LogP contribution in [0.5, 0.6) is 0 Å². The Morgan fingerprint density at radius 1 is 1.28 bits per heavy atom. The van der Waals surface area contributed by atoms with E-state index in [0.717, 1.165) is 38.1 Å². The third kappa shape index (κ3) is 3.62. The number of alkyl halides is 3. The molecular weight excluding hydrogens is 379 g/mol. The van der Waals surface area contributed by atoms with E-state index < -0.39 is 27.3 Å². The Balaban J connectivity index is 0.00000225. The van der Waals surface area contributed by atoms with E-state index in [4.69, 9.17) is 5.26 Å². The lowest BCUT2D eigenvalue weighted by Crippen LogP contribution is -2.33. The van der Waals surface area contributed by atoms with Crippen molar-refractivity contribution in [2.75, 3.05) is 26.2 Å². The molecule has 0 aliphatic carbocycles. The van der Waals surface area contributed by atoms with Gasteiger partial charge in [-0.2, -0.15) is 22.7 Å². The molecule has 0 saturated carbocycles. The van der Waals surface area contributed by atoms with Crippen molar-refractivity contribution in [1.29, 1.82) is 5.26 Å². The SMILES string of the molecule is Cl.N#Cc1cc(S(=O)(=O)N2CCC3(CCNC3)C2)ccc1C(F)(F)F. The smallest absolute Gasteiger partial charge is 0.316 e. The highest BCUT2D eigenvalue weighted by Crippen LogP contribution is 2.39. The van der Waals surface area contributed by atoms with Crippen LogP contribution in [-0.2, 0) is 16.2 Å². The summed E-state index contributed by atoms with van der Waals surface area (Å²) in [5.74, 6) is 0. The van der Waals surface area contributed by atoms with Crippen LogP contribution in [0.2, 0.25) is 0 Å². The van der Waals surface area contributed by atoms with Crippen LogP contribution in [-0.4, -0.2) is 38.9 Å². The summed E-state index contributed by atoms with van der Waals surface area (Å²) in [5.41, 5.74) is -1.89. The predicted molar refractivity (Wildman–Crippen MR) is 86.7 cm³/mol. The van der Waals surface area contributed by atoms with Crippen molar-refractivity contribution in [3.63, 3.8) is 0 Å². The van der Waals surface area contributed by atoms with Crippen molar-refractivity contribution >= 4 is 22.4 Å². The molecule has 0 radical (unpaired) electrons. The number of halogens is 4. The monoisotopic (exact) mass is 395 g/mol. The fourth-order valence-electron chi connectivity index (χ4n) is 3.42. The Labute approximate surface area is 150 Å². The average Bonchev–Trinajstić information content (AvgIpc) is 3.16. The van der Waals surface area contributed by atoms with Crippen LogP contribution in [0.4, 0.5) is 13.2 Å². The highest BCUT2D eigenvalue weighted by Gasteiger charge is 2.44. The lowest BCUT2D eigenvalue weighted by Gasteiger charge is -2.22. The molecule has 25 heavy (non-hydrogen) atoms. The van der Waals surface area contributed by atoms with Crippen LogP contribution >= 0.6 is 12.4 Å². The van der Waals surface area contributed by atoms with E-state index in [-0.39, 0.29) is 22.7 Å². The highest BCUT2D eigenvalue weighted by atomic mass is 35.5. The second-order valence-corrected chi connectivity index (χ2v) is 8.27. The third-order valence-electron chi connectivity index (χ3n) is 4.79. The number of sulfonamides is 1. The summed E-state index contributed by atoms with van der Waals surface area (Å²) in [6, 6.07) is 3.84. The van der Waals surface area contributed by atoms with Gasteiger partial charge in [0, 0.05) is 19.6 Å². The first kappa shape index (κ1) is 20.0. The molecule has 1 N–H and O–H groups in total. The van der Waals surface area contributed by atoms with Gasteiger partial charge in [-0.15, -0.1) is 12.4 Å². The molecule has 1 atom stereocenters. The molecule has 2 heterocycles. The first-order valence-electron chi connectivity index (χ1n) is 7.50. The van der Waals surface area contributed by atoms with Crippen LogP contribution < -0.4 is 5.32 Å². The van der Waals surface area contributed by atoms with Crippen molar-refractivity contribution in [2.24, 2.45) is 5.41 Å². The molecule has 0 aromatic heterocycles. The maximum atomic E-state index is 12.8. The van der Waals surface area contributed by atoms with E-state index in [1.165, 1.54) is 10.4 Å². The van der Waals surface area contributed by atoms with Crippen LogP contribution in [0.3, 0.4) is 0 Å². The van der Waals surface area contributed by atoms with E-state index in [0.29, 0.717) is 19.2 Å². The van der Waals surface area contributed by atoms with Crippen LogP contribution in [0.15, 0.2) is 23.1 Å². The molecule has 1 spiro atoms. The lowest BCUT2D eigenvalue weighted by atomic mass is 9.87. The minimum absolute atomic E-state index is 0. The summed E-state index contributed by atoms with van der Waals surface area (Å²) in [6.45, 7) is 2.28. The van der Waals surface area contributed by atoms with Gasteiger partial charge in [0.05, 0.1) is 22.1 Å². The van der Waals surface area contributed by atoms with Crippen molar-refractivity contribution in [3.8, 4) is 6.07 Å². The Morgan fingerprint density at radius 3 is 2.56 bits per heavy atom. The first-order valence-corrected chi connectivity index (χ1v) is 8.94. The summed E-state index contributed by atoms with van der Waals surface area (Å²) >= 11 is 0. The molecule has 0 bridgehead atoms. The molecule has 2 aliphatic rings. The van der Waals surface area contributed by atoms with Crippen molar-refractivity contribution in [3.05, 3.63) is 29.3 Å². The molecule has 2 aliphatic heterocycles. The number of hydrogen-bond donors (Lipinski definition) is 1. The second-order valence-electron chi connectivity index (χ2n) is 6.33. The molecule has 5 nitrogen and oxygen atoms in total. The van der Waals surface area contributed by atoms with Gasteiger partial charge in [-0.1, -0.05) is 0 Å². The van der Waals surface area contributed by atoms with Gasteiger partial charge in [0.1, 0.15) is 0 Å². The normalized spacial score (nSPS) is 24.2. The van der Waals surface area contributed by atoms with Crippen LogP contribution in [0, 0.1) is 16.7 Å². The van der Waals surface area contributed by atoms with Gasteiger partial charge in [0.25, 0.3) is 0 Å². The number of benzene rings is 1. The lowest BCUT2D eigenvalue weighted by molar-refractivity contribution is -0.137. The van der Waals surface area contributed by atoms with E-state index >= 15 is 0 Å². The van der Waals surface area contributed by atoms with Crippen molar-refractivity contribution in [1.82, 2.24) is 9.62 Å². The van der Waals surface area contributed by atoms with Gasteiger partial charge >= 0.3 is 6.18 Å². The Kier molecular flexibility index (Phi) is 5.40. The fourth-order valence-corrected chi connectivity index (χ4v) is 5.00. The average molecular weight is 396 g/mol. The van der Waals surface area contributed by atoms with E-state index in [9.17, 15) is 21.6 Å². The zero-order valence-corrected chi connectivity index (χ0v) is 14.8. The number of hydrogen-bond acceptors (Lipinski definition) is 4. The number of rotatable bonds is 2. The second kappa shape index (κ2) is 6.76. The molecule has 2 fully saturated rings. The van der Waals surface area contributed by atoms with Crippen molar-refractivity contribution in [2.45, 2.75) is 23.9 Å². The van der Waals surface area contributed by atoms with E-state index in [1.54, 1.807) is 0 Å². The molecule has 3 rings (SSSR count). The predicted octanol–water partition coefficient (Wildman–Crippen LogP) is 2.37. The Hall–Kier alpha value is -1.34. The molecule has 138 valence electrons. The molecular formula is C15H17ClF3N3O2S. The number of nitrogens with zero attached hydrogens (tertiary/aromatic N) is 2. The molecule has 1 unspecified atom stereocenters. The Bertz CT molecular complexity index is 799. The summed E-state index contributed by atoms with van der Waals surface area (Å²) in [4.78, 5) is -0.268. The molecule has 10 heteroatoms. The third-order valence-corrected chi connectivity index (χ3v) is 6.63. The summed E-state index contributed by atoms with van der Waals surface area (Å²) in [6.07, 6.45) is -3.08. The number of nitriles is 1. The topological polar surface area (TPSA) is 73.2 Å². The zero-order valence-electron chi connectivity index (χ0n) is 13.1. The van der Waals surface area contributed by atoms with Gasteiger partial charge < -0.3 is 5.32 Å². The molecule has 1 aromatic carbocycles. The minimum Gasteiger partial charge on any atom is -0.316 e. The first-order chi connectivity index (χ1) is 11.2. The van der Waals surface area contributed by atoms with Crippen molar-refractivity contribution < 1.29 is 21.6 Å². The van der Waals surface area contributed by atoms with Gasteiger partial charge in [-0.05, 0) is 43.0 Å². The maximum absolute atomic E-state index is 12.8. The maximum Gasteiger partial charge on any atom is 0.417 e. The van der Waals surface area contributed by atoms with Gasteiger partial charge in [-0.25, -0.2) is 8.42 Å². The molecule has 1 aromatic rings. The van der Waals surface area contributed by atoms with E-state index in [1.807, 2.05) is 0 Å². The summed E-state index contributed by atoms with van der Waals surface area (Å²) in [5, 5.41) is 12.2. The Morgan fingerprint density at radius 2 is 2.00 bits per heavy atom. The van der Waals surface area contributed by atoms with E-state index in [2.05, 4.69) is 5.32 Å². The van der Waals surface area contributed by atoms with Crippen LogP contribution in [0.1, 0.15) is 24.0 Å². The van der Waals surface area contributed by atoms with Gasteiger partial charge in [-0.3, -0.25) is 0 Å². The summed E-state index contributed by atoms with van der Waals surface area (Å²) in [7, 11) is -3.91. The van der Waals surface area contributed by atoms with Crippen LogP contribution in [0.25, 0.3) is 0 Å². The largest absolute Gasteiger partial charge is 0.417 e. The summed E-state index contributed by atoms with van der Waals surface area (Å²) < 4.78 is 65.3. The molecule has 2 saturated heterocycles. The number of nitrogens with one attached hydrogen (secondary N) is 1. The minimum atomic E-state index is -4.69. The van der Waals surface area contributed by atoms with Gasteiger partial charge in [0.15, 0.2) is 0 Å². The highest BCUT2D eigenvalue weighted by molar-refractivity contribution is 7.89. The standard InChI is InChI=1S/C15H16F3N3O2S.ClH/c16-15(17,18)13-2-1-12(7-11(13)8-19)24(22,23)21-6-4-14(10-21)3-5-20-9-14;/h1-2,7,20H,3-6,9-10H2;1H.